The highest BCUT2D eigenvalue weighted by molar-refractivity contribution is 4.98. The van der Waals surface area contributed by atoms with Crippen molar-refractivity contribution in [3.63, 3.8) is 0 Å². The highest BCUT2D eigenvalue weighted by atomic mass is 19.2. The summed E-state index contributed by atoms with van der Waals surface area (Å²) in [5, 5.41) is 9.07. The molecule has 0 spiro atoms. The van der Waals surface area contributed by atoms with Crippen molar-refractivity contribution in [2.24, 2.45) is 17.8 Å². The number of hydrogen-bond acceptors (Lipinski definition) is 2. The van der Waals surface area contributed by atoms with Crippen molar-refractivity contribution in [3.8, 4) is 0 Å². The second-order valence-corrected chi connectivity index (χ2v) is 7.32. The van der Waals surface area contributed by atoms with Gasteiger partial charge in [0.15, 0.2) is 6.17 Å². The van der Waals surface area contributed by atoms with E-state index in [1.165, 1.54) is 0 Å². The van der Waals surface area contributed by atoms with E-state index in [-0.39, 0.29) is 0 Å². The fraction of sp³-hybridized carbons (Fsp3) is 1.00. The zero-order valence-corrected chi connectivity index (χ0v) is 14.4. The van der Waals surface area contributed by atoms with Gasteiger partial charge in [0, 0.05) is 19.1 Å². The second kappa shape index (κ2) is 9.37. The maximum absolute atomic E-state index is 14.5. The molecule has 6 heteroatoms. The summed E-state index contributed by atoms with van der Waals surface area (Å²) in [5.74, 6) is -2.34. The van der Waals surface area contributed by atoms with Crippen molar-refractivity contribution in [1.82, 2.24) is 0 Å². The molecule has 8 atom stereocenters. The van der Waals surface area contributed by atoms with E-state index < -0.39 is 55.2 Å². The maximum Gasteiger partial charge on any atom is 0.157 e. The van der Waals surface area contributed by atoms with Crippen LogP contribution in [0.2, 0.25) is 0 Å². The van der Waals surface area contributed by atoms with Gasteiger partial charge in [0.2, 0.25) is 0 Å². The number of aliphatic hydroxyl groups is 1. The minimum Gasteiger partial charge on any atom is -0.396 e. The molecule has 0 heterocycles. The molecule has 0 saturated heterocycles. The molecule has 0 aliphatic heterocycles. The predicted octanol–water partition coefficient (Wildman–Crippen LogP) is 4.34. The summed E-state index contributed by atoms with van der Waals surface area (Å²) in [6.45, 7) is 2.06. The van der Waals surface area contributed by atoms with E-state index in [2.05, 4.69) is 6.92 Å². The Kier molecular flexibility index (Phi) is 7.79. The van der Waals surface area contributed by atoms with Gasteiger partial charge in [-0.25, -0.2) is 17.6 Å². The van der Waals surface area contributed by atoms with Crippen LogP contribution in [0, 0.1) is 17.8 Å². The molecule has 8 unspecified atom stereocenters. The van der Waals surface area contributed by atoms with Gasteiger partial charge in [0.1, 0.15) is 18.5 Å². The van der Waals surface area contributed by atoms with Gasteiger partial charge >= 0.3 is 0 Å². The molecular weight excluding hydrogens is 324 g/mol. The van der Waals surface area contributed by atoms with Crippen LogP contribution in [0.5, 0.6) is 0 Å². The Balaban J connectivity index is 1.90. The Bertz CT molecular complexity index is 371. The third-order valence-corrected chi connectivity index (χ3v) is 5.75. The molecule has 0 aromatic carbocycles. The Hall–Kier alpha value is -0.360. The molecule has 0 aromatic heterocycles. The zero-order valence-electron chi connectivity index (χ0n) is 14.4. The van der Waals surface area contributed by atoms with Crippen LogP contribution in [-0.2, 0) is 4.74 Å². The quantitative estimate of drug-likeness (QED) is 0.544. The molecule has 142 valence electrons. The van der Waals surface area contributed by atoms with E-state index in [0.29, 0.717) is 32.3 Å². The van der Waals surface area contributed by atoms with E-state index in [1.54, 1.807) is 0 Å². The lowest BCUT2D eigenvalue weighted by molar-refractivity contribution is -0.106. The first kappa shape index (κ1) is 20.0. The average molecular weight is 354 g/mol. The number of halogens is 4. The zero-order chi connectivity index (χ0) is 17.7. The summed E-state index contributed by atoms with van der Waals surface area (Å²) < 4.78 is 62.7. The van der Waals surface area contributed by atoms with E-state index in [1.807, 2.05) is 0 Å². The van der Waals surface area contributed by atoms with Gasteiger partial charge in [-0.3, -0.25) is 0 Å². The topological polar surface area (TPSA) is 29.5 Å². The lowest BCUT2D eigenvalue weighted by atomic mass is 9.68. The van der Waals surface area contributed by atoms with Crippen molar-refractivity contribution >= 4 is 0 Å². The third-order valence-electron chi connectivity index (χ3n) is 5.75. The van der Waals surface area contributed by atoms with Gasteiger partial charge in [-0.1, -0.05) is 19.8 Å². The molecule has 0 aromatic rings. The molecule has 1 N–H and O–H groups in total. The van der Waals surface area contributed by atoms with Gasteiger partial charge < -0.3 is 9.84 Å². The summed E-state index contributed by atoms with van der Waals surface area (Å²) in [4.78, 5) is 0. The van der Waals surface area contributed by atoms with Gasteiger partial charge in [0.05, 0.1) is 6.10 Å². The van der Waals surface area contributed by atoms with Crippen molar-refractivity contribution < 1.29 is 27.4 Å². The Morgan fingerprint density at radius 2 is 1.46 bits per heavy atom. The summed E-state index contributed by atoms with van der Waals surface area (Å²) in [5.41, 5.74) is 0. The molecule has 0 bridgehead atoms. The molecule has 0 radical (unpaired) electrons. The number of unbranched alkanes of at least 4 members (excludes halogenated alkanes) is 2. The van der Waals surface area contributed by atoms with Crippen molar-refractivity contribution in [1.29, 1.82) is 0 Å². The van der Waals surface area contributed by atoms with Crippen LogP contribution < -0.4 is 0 Å². The molecule has 2 fully saturated rings. The first-order chi connectivity index (χ1) is 11.5. The van der Waals surface area contributed by atoms with Gasteiger partial charge in [0.25, 0.3) is 0 Å². The normalized spacial score (nSPS) is 43.8. The van der Waals surface area contributed by atoms with Crippen LogP contribution in [0.15, 0.2) is 0 Å². The number of hydrogen-bond donors (Lipinski definition) is 1. The summed E-state index contributed by atoms with van der Waals surface area (Å²) >= 11 is 0. The van der Waals surface area contributed by atoms with Crippen LogP contribution in [0.1, 0.15) is 51.9 Å². The number of alkyl halides is 4. The minimum absolute atomic E-state index is 0.298. The van der Waals surface area contributed by atoms with E-state index in [4.69, 9.17) is 9.84 Å². The first-order valence-electron chi connectivity index (χ1n) is 9.30. The molecule has 2 aliphatic rings. The maximum atomic E-state index is 14.5. The average Bonchev–Trinajstić information content (AvgIpc) is 2.58. The first-order valence-corrected chi connectivity index (χ1v) is 9.30. The third kappa shape index (κ3) is 4.43. The fourth-order valence-corrected chi connectivity index (χ4v) is 4.19. The molecule has 2 rings (SSSR count). The lowest BCUT2D eigenvalue weighted by Gasteiger charge is -2.43. The molecule has 2 nitrogen and oxygen atoms in total. The number of aliphatic hydroxyl groups excluding tert-OH is 1. The molecule has 0 amide bonds. The monoisotopic (exact) mass is 354 g/mol. The smallest absolute Gasteiger partial charge is 0.157 e. The molecule has 2 saturated carbocycles. The molecule has 2 aliphatic carbocycles. The summed E-state index contributed by atoms with van der Waals surface area (Å²) in [6, 6.07) is 0. The summed E-state index contributed by atoms with van der Waals surface area (Å²) in [6.07, 6.45) is -3.85. The highest BCUT2D eigenvalue weighted by Crippen LogP contribution is 2.44. The van der Waals surface area contributed by atoms with Crippen molar-refractivity contribution in [3.05, 3.63) is 0 Å². The Morgan fingerprint density at radius 3 is 2.08 bits per heavy atom. The van der Waals surface area contributed by atoms with Crippen LogP contribution >= 0.6 is 0 Å². The minimum atomic E-state index is -1.83. The van der Waals surface area contributed by atoms with Crippen molar-refractivity contribution in [2.75, 3.05) is 13.2 Å². The van der Waals surface area contributed by atoms with Crippen molar-refractivity contribution in [2.45, 2.75) is 82.7 Å². The largest absolute Gasteiger partial charge is 0.396 e. The molecule has 24 heavy (non-hydrogen) atoms. The van der Waals surface area contributed by atoms with Crippen LogP contribution in [0.25, 0.3) is 0 Å². The molecular formula is C18H30F4O2. The van der Waals surface area contributed by atoms with E-state index in [0.717, 1.165) is 19.3 Å². The van der Waals surface area contributed by atoms with Gasteiger partial charge in [-0.15, -0.1) is 0 Å². The fourth-order valence-electron chi connectivity index (χ4n) is 4.19. The van der Waals surface area contributed by atoms with Gasteiger partial charge in [-0.05, 0) is 43.9 Å². The second-order valence-electron chi connectivity index (χ2n) is 7.32. The van der Waals surface area contributed by atoms with Crippen LogP contribution in [0.3, 0.4) is 0 Å². The Labute approximate surface area is 142 Å². The predicted molar refractivity (Wildman–Crippen MR) is 84.9 cm³/mol. The standard InChI is InChI=1S/C18H30F4O2/c1-2-3-4-9-24-14-8-7-13(17(21)18(14)22)12-6-5-11(10-23)15(19)16(12)20/h11-18,23H,2-10H2,1H3. The van der Waals surface area contributed by atoms with Crippen LogP contribution in [-0.4, -0.2) is 49.1 Å². The number of rotatable bonds is 7. The SMILES string of the molecule is CCCCCOC1CCC(C2CCC(CO)C(F)C2F)C(F)C1F. The summed E-state index contributed by atoms with van der Waals surface area (Å²) in [7, 11) is 0. The van der Waals surface area contributed by atoms with E-state index in [9.17, 15) is 17.6 Å². The Morgan fingerprint density at radius 1 is 0.833 bits per heavy atom. The van der Waals surface area contributed by atoms with Crippen LogP contribution in [0.4, 0.5) is 17.6 Å². The lowest BCUT2D eigenvalue weighted by Crippen LogP contribution is -2.50. The number of ether oxygens (including phenoxy) is 1. The van der Waals surface area contributed by atoms with Gasteiger partial charge in [-0.2, -0.15) is 0 Å². The van der Waals surface area contributed by atoms with E-state index >= 15 is 0 Å². The highest BCUT2D eigenvalue weighted by Gasteiger charge is 2.50.